The third-order valence-electron chi connectivity index (χ3n) is 5.08. The highest BCUT2D eigenvalue weighted by Gasteiger charge is 2.33. The van der Waals surface area contributed by atoms with Gasteiger partial charge in [-0.15, -0.1) is 12.4 Å². The number of hydrogen-bond acceptors (Lipinski definition) is 4. The van der Waals surface area contributed by atoms with Gasteiger partial charge in [0.25, 0.3) is 0 Å². The number of rotatable bonds is 3. The number of nitrogens with zero attached hydrogens (tertiary/aromatic N) is 2. The number of benzene rings is 1. The molecule has 3 rings (SSSR count). The van der Waals surface area contributed by atoms with Crippen molar-refractivity contribution in [3.05, 3.63) is 29.3 Å². The predicted octanol–water partition coefficient (Wildman–Crippen LogP) is 1.17. The number of carbonyl (C=O) groups is 1. The first kappa shape index (κ1) is 20.2. The molecule has 2 aliphatic rings. The third kappa shape index (κ3) is 4.16. The van der Waals surface area contributed by atoms with Crippen LogP contribution in [0.5, 0.6) is 0 Å². The van der Waals surface area contributed by atoms with Gasteiger partial charge in [0.15, 0.2) is 0 Å². The molecule has 0 aromatic heterocycles. The summed E-state index contributed by atoms with van der Waals surface area (Å²) in [5.74, 6) is 0.205. The fraction of sp³-hybridized carbons (Fsp3) is 0.588. The maximum atomic E-state index is 12.8. The van der Waals surface area contributed by atoms with Gasteiger partial charge in [0, 0.05) is 32.7 Å². The first-order valence-corrected chi connectivity index (χ1v) is 9.90. The number of amides is 1. The fourth-order valence-electron chi connectivity index (χ4n) is 3.30. The van der Waals surface area contributed by atoms with Crippen molar-refractivity contribution in [2.24, 2.45) is 5.92 Å². The fourth-order valence-corrected chi connectivity index (χ4v) is 4.80. The van der Waals surface area contributed by atoms with Crippen molar-refractivity contribution in [1.82, 2.24) is 14.5 Å². The number of hydrogen-bond donors (Lipinski definition) is 1. The Kier molecular flexibility index (Phi) is 6.48. The molecule has 8 heteroatoms. The van der Waals surface area contributed by atoms with E-state index < -0.39 is 10.0 Å². The van der Waals surface area contributed by atoms with E-state index in [1.54, 1.807) is 12.1 Å². The molecule has 6 nitrogen and oxygen atoms in total. The number of nitrogens with one attached hydrogen (secondary N) is 1. The topological polar surface area (TPSA) is 69.7 Å². The quantitative estimate of drug-likeness (QED) is 0.845. The minimum absolute atomic E-state index is 0. The maximum Gasteiger partial charge on any atom is 0.243 e. The van der Waals surface area contributed by atoms with Gasteiger partial charge in [0.1, 0.15) is 0 Å². The smallest absolute Gasteiger partial charge is 0.243 e. The van der Waals surface area contributed by atoms with Gasteiger partial charge in [-0.1, -0.05) is 6.07 Å². The number of piperazine rings is 1. The Morgan fingerprint density at radius 2 is 1.80 bits per heavy atom. The molecule has 1 unspecified atom stereocenters. The Hall–Kier alpha value is -1.15. The molecule has 1 aromatic carbocycles. The zero-order chi connectivity index (χ0) is 17.3. The van der Waals surface area contributed by atoms with Crippen LogP contribution in [0.2, 0.25) is 0 Å². The van der Waals surface area contributed by atoms with Gasteiger partial charge in [0.05, 0.1) is 10.8 Å². The van der Waals surface area contributed by atoms with Crippen molar-refractivity contribution in [2.45, 2.75) is 25.2 Å². The second-order valence-electron chi connectivity index (χ2n) is 6.67. The molecule has 1 N–H and O–H groups in total. The van der Waals surface area contributed by atoms with E-state index in [2.05, 4.69) is 5.32 Å². The lowest BCUT2D eigenvalue weighted by Crippen LogP contribution is -2.52. The average molecular weight is 388 g/mol. The second kappa shape index (κ2) is 8.03. The van der Waals surface area contributed by atoms with Gasteiger partial charge >= 0.3 is 0 Å². The van der Waals surface area contributed by atoms with E-state index in [9.17, 15) is 13.2 Å². The molecule has 0 bridgehead atoms. The van der Waals surface area contributed by atoms with E-state index in [1.807, 2.05) is 24.8 Å². The Bertz CT molecular complexity index is 725. The summed E-state index contributed by atoms with van der Waals surface area (Å²) in [7, 11) is -3.49. The minimum atomic E-state index is -3.49. The predicted molar refractivity (Wildman–Crippen MR) is 99.5 cm³/mol. The van der Waals surface area contributed by atoms with Gasteiger partial charge in [-0.25, -0.2) is 8.42 Å². The first-order valence-electron chi connectivity index (χ1n) is 8.46. The van der Waals surface area contributed by atoms with Gasteiger partial charge in [0.2, 0.25) is 15.9 Å². The van der Waals surface area contributed by atoms with Crippen LogP contribution in [0.4, 0.5) is 0 Å². The lowest BCUT2D eigenvalue weighted by Gasteiger charge is -2.35. The molecule has 2 saturated heterocycles. The average Bonchev–Trinajstić information content (AvgIpc) is 3.11. The molecule has 0 aliphatic carbocycles. The second-order valence-corrected chi connectivity index (χ2v) is 8.60. The van der Waals surface area contributed by atoms with Crippen molar-refractivity contribution < 1.29 is 13.2 Å². The van der Waals surface area contributed by atoms with E-state index in [0.29, 0.717) is 31.1 Å². The number of aryl methyl sites for hydroxylation is 2. The van der Waals surface area contributed by atoms with Crippen LogP contribution in [0.15, 0.2) is 23.1 Å². The highest BCUT2D eigenvalue weighted by atomic mass is 35.5. The molecular formula is C17H26ClN3O3S. The molecule has 1 aromatic rings. The van der Waals surface area contributed by atoms with Crippen LogP contribution in [-0.4, -0.2) is 62.8 Å². The number of carbonyl (C=O) groups excluding carboxylic acids is 1. The SMILES string of the molecule is Cc1ccc(S(=O)(=O)N2CCN(C(=O)C3CCNC3)CC2)cc1C.Cl. The maximum absolute atomic E-state index is 12.8. The van der Waals surface area contributed by atoms with Crippen molar-refractivity contribution in [3.63, 3.8) is 0 Å². The summed E-state index contributed by atoms with van der Waals surface area (Å²) in [6.45, 7) is 7.17. The summed E-state index contributed by atoms with van der Waals surface area (Å²) in [6, 6.07) is 5.24. The van der Waals surface area contributed by atoms with Crippen LogP contribution < -0.4 is 5.32 Å². The van der Waals surface area contributed by atoms with Gasteiger partial charge in [-0.2, -0.15) is 4.31 Å². The van der Waals surface area contributed by atoms with Crippen molar-refractivity contribution in [2.75, 3.05) is 39.3 Å². The summed E-state index contributed by atoms with van der Waals surface area (Å²) < 4.78 is 27.1. The molecule has 25 heavy (non-hydrogen) atoms. The molecule has 1 atom stereocenters. The molecule has 140 valence electrons. The summed E-state index contributed by atoms with van der Waals surface area (Å²) in [6.07, 6.45) is 0.875. The van der Waals surface area contributed by atoms with Crippen molar-refractivity contribution >= 4 is 28.3 Å². The summed E-state index contributed by atoms with van der Waals surface area (Å²) >= 11 is 0. The zero-order valence-corrected chi connectivity index (χ0v) is 16.3. The highest BCUT2D eigenvalue weighted by molar-refractivity contribution is 7.89. The molecular weight excluding hydrogens is 362 g/mol. The Morgan fingerprint density at radius 3 is 2.36 bits per heavy atom. The molecule has 2 heterocycles. The minimum Gasteiger partial charge on any atom is -0.340 e. The molecule has 0 spiro atoms. The van der Waals surface area contributed by atoms with E-state index in [4.69, 9.17) is 0 Å². The zero-order valence-electron chi connectivity index (χ0n) is 14.7. The van der Waals surface area contributed by atoms with E-state index in [-0.39, 0.29) is 24.2 Å². The van der Waals surface area contributed by atoms with E-state index in [0.717, 1.165) is 30.6 Å². The van der Waals surface area contributed by atoms with Crippen LogP contribution >= 0.6 is 12.4 Å². The Morgan fingerprint density at radius 1 is 1.12 bits per heavy atom. The third-order valence-corrected chi connectivity index (χ3v) is 6.97. The van der Waals surface area contributed by atoms with Crippen LogP contribution in [0.1, 0.15) is 17.5 Å². The molecule has 0 saturated carbocycles. The van der Waals surface area contributed by atoms with Crippen LogP contribution in [0, 0.1) is 19.8 Å². The van der Waals surface area contributed by atoms with Crippen molar-refractivity contribution in [1.29, 1.82) is 0 Å². The molecule has 2 aliphatic heterocycles. The standard InChI is InChI=1S/C17H25N3O3S.ClH/c1-13-3-4-16(11-14(13)2)24(22,23)20-9-7-19(8-10-20)17(21)15-5-6-18-12-15;/h3-4,11,15,18H,5-10,12H2,1-2H3;1H. The van der Waals surface area contributed by atoms with Crippen LogP contribution in [0.25, 0.3) is 0 Å². The van der Waals surface area contributed by atoms with Crippen LogP contribution in [0.3, 0.4) is 0 Å². The Labute approximate surface area is 156 Å². The van der Waals surface area contributed by atoms with Gasteiger partial charge < -0.3 is 10.2 Å². The lowest BCUT2D eigenvalue weighted by molar-refractivity contribution is -0.136. The number of sulfonamides is 1. The summed E-state index contributed by atoms with van der Waals surface area (Å²) in [5.41, 5.74) is 2.05. The molecule has 0 radical (unpaired) electrons. The lowest BCUT2D eigenvalue weighted by atomic mass is 10.1. The van der Waals surface area contributed by atoms with Gasteiger partial charge in [-0.3, -0.25) is 4.79 Å². The molecule has 2 fully saturated rings. The summed E-state index contributed by atoms with van der Waals surface area (Å²) in [4.78, 5) is 14.6. The molecule has 1 amide bonds. The van der Waals surface area contributed by atoms with E-state index >= 15 is 0 Å². The number of halogens is 1. The van der Waals surface area contributed by atoms with E-state index in [1.165, 1.54) is 4.31 Å². The van der Waals surface area contributed by atoms with Crippen molar-refractivity contribution in [3.8, 4) is 0 Å². The monoisotopic (exact) mass is 387 g/mol. The Balaban J connectivity index is 0.00000225. The highest BCUT2D eigenvalue weighted by Crippen LogP contribution is 2.21. The first-order chi connectivity index (χ1) is 11.4. The summed E-state index contributed by atoms with van der Waals surface area (Å²) in [5, 5.41) is 3.20. The normalized spacial score (nSPS) is 21.8. The largest absolute Gasteiger partial charge is 0.340 e. The van der Waals surface area contributed by atoms with Gasteiger partial charge in [-0.05, 0) is 50.1 Å². The van der Waals surface area contributed by atoms with Crippen LogP contribution in [-0.2, 0) is 14.8 Å².